The lowest BCUT2D eigenvalue weighted by atomic mass is 9.97. The van der Waals surface area contributed by atoms with Crippen LogP contribution in [0.3, 0.4) is 0 Å². The normalized spacial score (nSPS) is 12.4. The molecule has 0 spiro atoms. The predicted molar refractivity (Wildman–Crippen MR) is 128 cm³/mol. The summed E-state index contributed by atoms with van der Waals surface area (Å²) in [5, 5.41) is 0.778. The maximum absolute atomic E-state index is 6.22. The van der Waals surface area contributed by atoms with Crippen molar-refractivity contribution in [3.05, 3.63) is 93.0 Å². The van der Waals surface area contributed by atoms with Crippen LogP contribution >= 0.6 is 23.1 Å². The number of hydrogen-bond donors (Lipinski definition) is 0. The van der Waals surface area contributed by atoms with E-state index in [2.05, 4.69) is 73.7 Å². The SMILES string of the molecule is CCC=C(CCN=C(C)c1cc(Cc2ccccc2)sn1)c1cc(Cl)ccc1C. The number of aryl methyl sites for hydroxylation is 1. The molecule has 0 bridgehead atoms. The van der Waals surface area contributed by atoms with E-state index in [1.165, 1.54) is 27.1 Å². The second kappa shape index (κ2) is 10.5. The lowest BCUT2D eigenvalue weighted by Gasteiger charge is -2.11. The first-order valence-corrected chi connectivity index (χ1v) is 11.2. The van der Waals surface area contributed by atoms with Gasteiger partial charge in [0.15, 0.2) is 0 Å². The molecule has 150 valence electrons. The number of aromatic nitrogens is 1. The van der Waals surface area contributed by atoms with Gasteiger partial charge < -0.3 is 0 Å². The number of allylic oxidation sites excluding steroid dienone is 1. The van der Waals surface area contributed by atoms with Crippen molar-refractivity contribution in [3.63, 3.8) is 0 Å². The minimum Gasteiger partial charge on any atom is -0.287 e. The van der Waals surface area contributed by atoms with E-state index < -0.39 is 0 Å². The molecule has 0 unspecified atom stereocenters. The number of benzene rings is 2. The summed E-state index contributed by atoms with van der Waals surface area (Å²) in [7, 11) is 0. The van der Waals surface area contributed by atoms with Crippen LogP contribution in [0, 0.1) is 6.92 Å². The molecule has 29 heavy (non-hydrogen) atoms. The zero-order valence-electron chi connectivity index (χ0n) is 17.3. The Morgan fingerprint density at radius 3 is 2.69 bits per heavy atom. The third-order valence-electron chi connectivity index (χ3n) is 4.88. The molecule has 0 fully saturated rings. The Labute approximate surface area is 183 Å². The van der Waals surface area contributed by atoms with Gasteiger partial charge in [-0.15, -0.1) is 0 Å². The van der Waals surface area contributed by atoms with Crippen molar-refractivity contribution in [1.29, 1.82) is 0 Å². The van der Waals surface area contributed by atoms with Crippen molar-refractivity contribution in [2.24, 2.45) is 4.99 Å². The molecule has 3 rings (SSSR count). The summed E-state index contributed by atoms with van der Waals surface area (Å²) >= 11 is 7.79. The van der Waals surface area contributed by atoms with Crippen LogP contribution in [0.5, 0.6) is 0 Å². The van der Waals surface area contributed by atoms with E-state index in [1.807, 2.05) is 12.1 Å². The second-order valence-electron chi connectivity index (χ2n) is 7.15. The van der Waals surface area contributed by atoms with Gasteiger partial charge in [-0.1, -0.05) is 61.0 Å². The molecule has 1 aromatic heterocycles. The highest BCUT2D eigenvalue weighted by molar-refractivity contribution is 7.06. The highest BCUT2D eigenvalue weighted by Crippen LogP contribution is 2.26. The monoisotopic (exact) mass is 422 g/mol. The maximum atomic E-state index is 6.22. The molecule has 2 aromatic carbocycles. The fourth-order valence-corrected chi connectivity index (χ4v) is 4.29. The smallest absolute Gasteiger partial charge is 0.0978 e. The first kappa shape index (κ1) is 21.5. The Bertz CT molecular complexity index is 1000. The lowest BCUT2D eigenvalue weighted by Crippen LogP contribution is -1.98. The Balaban J connectivity index is 1.66. The number of aliphatic imine (C=N–C) groups is 1. The molecule has 0 amide bonds. The van der Waals surface area contributed by atoms with Gasteiger partial charge in [0.05, 0.1) is 11.4 Å². The number of nitrogens with zero attached hydrogens (tertiary/aromatic N) is 2. The van der Waals surface area contributed by atoms with Crippen molar-refractivity contribution in [2.45, 2.75) is 40.0 Å². The minimum atomic E-state index is 0.745. The Hall–Kier alpha value is -2.23. The zero-order chi connectivity index (χ0) is 20.6. The highest BCUT2D eigenvalue weighted by Gasteiger charge is 2.08. The first-order chi connectivity index (χ1) is 14.1. The number of rotatable bonds is 8. The predicted octanol–water partition coefficient (Wildman–Crippen LogP) is 7.39. The van der Waals surface area contributed by atoms with Gasteiger partial charge in [0.25, 0.3) is 0 Å². The van der Waals surface area contributed by atoms with Gasteiger partial charge >= 0.3 is 0 Å². The van der Waals surface area contributed by atoms with Crippen molar-refractivity contribution in [1.82, 2.24) is 4.37 Å². The molecule has 0 N–H and O–H groups in total. The third-order valence-corrected chi connectivity index (χ3v) is 5.90. The quantitative estimate of drug-likeness (QED) is 0.347. The molecule has 2 nitrogen and oxygen atoms in total. The fourth-order valence-electron chi connectivity index (χ4n) is 3.32. The molecule has 4 heteroatoms. The molecule has 3 aromatic rings. The minimum absolute atomic E-state index is 0.745. The summed E-state index contributed by atoms with van der Waals surface area (Å²) in [5.41, 5.74) is 7.08. The van der Waals surface area contributed by atoms with Crippen LogP contribution in [0.4, 0.5) is 0 Å². The first-order valence-electron chi connectivity index (χ1n) is 10.0. The van der Waals surface area contributed by atoms with Gasteiger partial charge in [-0.05, 0) is 78.7 Å². The largest absolute Gasteiger partial charge is 0.287 e. The molecule has 0 atom stereocenters. The van der Waals surface area contributed by atoms with Crippen LogP contribution in [-0.4, -0.2) is 16.6 Å². The molecule has 0 saturated carbocycles. The van der Waals surface area contributed by atoms with Crippen LogP contribution < -0.4 is 0 Å². The zero-order valence-corrected chi connectivity index (χ0v) is 18.9. The van der Waals surface area contributed by atoms with E-state index in [9.17, 15) is 0 Å². The molecule has 1 heterocycles. The average Bonchev–Trinajstić information content (AvgIpc) is 3.18. The van der Waals surface area contributed by atoms with Crippen molar-refractivity contribution < 1.29 is 0 Å². The summed E-state index contributed by atoms with van der Waals surface area (Å²) in [6.07, 6.45) is 5.10. The Morgan fingerprint density at radius 2 is 1.93 bits per heavy atom. The van der Waals surface area contributed by atoms with Crippen LogP contribution in [-0.2, 0) is 6.42 Å². The van der Waals surface area contributed by atoms with Crippen LogP contribution in [0.15, 0.2) is 65.7 Å². The summed E-state index contributed by atoms with van der Waals surface area (Å²) in [6, 6.07) is 18.8. The van der Waals surface area contributed by atoms with Gasteiger partial charge in [-0.2, -0.15) is 4.37 Å². The Morgan fingerprint density at radius 1 is 1.14 bits per heavy atom. The summed E-state index contributed by atoms with van der Waals surface area (Å²) < 4.78 is 4.61. The summed E-state index contributed by atoms with van der Waals surface area (Å²) in [4.78, 5) is 6.07. The summed E-state index contributed by atoms with van der Waals surface area (Å²) in [6.45, 7) is 7.09. The van der Waals surface area contributed by atoms with Gasteiger partial charge in [0.1, 0.15) is 0 Å². The maximum Gasteiger partial charge on any atom is 0.0978 e. The lowest BCUT2D eigenvalue weighted by molar-refractivity contribution is 1.01. The molecule has 0 saturated heterocycles. The van der Waals surface area contributed by atoms with Gasteiger partial charge in [-0.3, -0.25) is 4.99 Å². The van der Waals surface area contributed by atoms with E-state index in [4.69, 9.17) is 16.6 Å². The average molecular weight is 423 g/mol. The fraction of sp³-hybridized carbons (Fsp3) is 0.280. The van der Waals surface area contributed by atoms with Crippen LogP contribution in [0.25, 0.3) is 5.57 Å². The van der Waals surface area contributed by atoms with Gasteiger partial charge in [0.2, 0.25) is 0 Å². The van der Waals surface area contributed by atoms with Gasteiger partial charge in [-0.25, -0.2) is 0 Å². The van der Waals surface area contributed by atoms with E-state index in [1.54, 1.807) is 11.5 Å². The highest BCUT2D eigenvalue weighted by atomic mass is 35.5. The number of hydrogen-bond acceptors (Lipinski definition) is 3. The Kier molecular flexibility index (Phi) is 7.79. The molecular weight excluding hydrogens is 396 g/mol. The summed E-state index contributed by atoms with van der Waals surface area (Å²) in [5.74, 6) is 0. The molecule has 0 aliphatic heterocycles. The molecular formula is C25H27ClN2S. The molecule has 0 radical (unpaired) electrons. The van der Waals surface area contributed by atoms with E-state index in [0.717, 1.165) is 42.2 Å². The van der Waals surface area contributed by atoms with E-state index in [-0.39, 0.29) is 0 Å². The second-order valence-corrected chi connectivity index (χ2v) is 8.48. The molecule has 0 aliphatic carbocycles. The van der Waals surface area contributed by atoms with Crippen LogP contribution in [0.2, 0.25) is 5.02 Å². The van der Waals surface area contributed by atoms with Crippen molar-refractivity contribution in [3.8, 4) is 0 Å². The van der Waals surface area contributed by atoms with E-state index >= 15 is 0 Å². The third kappa shape index (κ3) is 6.12. The van der Waals surface area contributed by atoms with Crippen LogP contribution in [0.1, 0.15) is 54.0 Å². The number of halogens is 1. The van der Waals surface area contributed by atoms with E-state index in [0.29, 0.717) is 0 Å². The van der Waals surface area contributed by atoms with Gasteiger partial charge in [0, 0.05) is 22.9 Å². The molecule has 0 aliphatic rings. The standard InChI is InChI=1S/C25H27ClN2S/c1-4-8-21(24-16-22(26)12-11-18(24)2)13-14-27-19(3)25-17-23(29-28-25)15-20-9-6-5-7-10-20/h5-12,16-17H,4,13-15H2,1-3H3. The van der Waals surface area contributed by atoms with Crippen molar-refractivity contribution in [2.75, 3.05) is 6.54 Å². The van der Waals surface area contributed by atoms with Crippen molar-refractivity contribution >= 4 is 34.4 Å². The topological polar surface area (TPSA) is 25.2 Å².